The van der Waals surface area contributed by atoms with Crippen LogP contribution < -0.4 is 5.32 Å². The van der Waals surface area contributed by atoms with Crippen LogP contribution in [0.1, 0.15) is 16.9 Å². The molecule has 0 saturated carbocycles. The molecule has 8 nitrogen and oxygen atoms in total. The summed E-state index contributed by atoms with van der Waals surface area (Å²) in [4.78, 5) is 40.0. The lowest BCUT2D eigenvalue weighted by Crippen LogP contribution is -2.45. The molecule has 2 unspecified atom stereocenters. The third-order valence-corrected chi connectivity index (χ3v) is 4.38. The van der Waals surface area contributed by atoms with E-state index in [1.54, 1.807) is 6.07 Å². The molecule has 1 saturated heterocycles. The third-order valence-electron chi connectivity index (χ3n) is 4.38. The molecule has 1 aliphatic rings. The van der Waals surface area contributed by atoms with Crippen LogP contribution in [0.3, 0.4) is 0 Å². The summed E-state index contributed by atoms with van der Waals surface area (Å²) in [5, 5.41) is 12.7. The Morgan fingerprint density at radius 3 is 2.80 bits per heavy atom. The monoisotopic (exact) mass is 345 g/mol. The number of fused-ring (bicyclic) bond motifs is 1. The van der Waals surface area contributed by atoms with Crippen LogP contribution >= 0.6 is 0 Å². The van der Waals surface area contributed by atoms with Gasteiger partial charge in [-0.3, -0.25) is 9.59 Å². The lowest BCUT2D eigenvalue weighted by Gasteiger charge is -2.21. The summed E-state index contributed by atoms with van der Waals surface area (Å²) in [7, 11) is 1.48. The lowest BCUT2D eigenvalue weighted by molar-refractivity contribution is -0.147. The fraction of sp³-hybridized carbons (Fsp3) is 0.353. The molecular formula is C17H19N3O5. The van der Waals surface area contributed by atoms with Gasteiger partial charge in [0.2, 0.25) is 5.91 Å². The fourth-order valence-electron chi connectivity index (χ4n) is 3.03. The summed E-state index contributed by atoms with van der Waals surface area (Å²) in [5.41, 5.74) is 1.17. The van der Waals surface area contributed by atoms with E-state index in [2.05, 4.69) is 10.3 Å². The molecule has 0 bridgehead atoms. The van der Waals surface area contributed by atoms with Crippen molar-refractivity contribution in [1.29, 1.82) is 0 Å². The molecule has 8 heteroatoms. The molecule has 1 aliphatic heterocycles. The highest BCUT2D eigenvalue weighted by Gasteiger charge is 2.39. The van der Waals surface area contributed by atoms with Gasteiger partial charge in [0.25, 0.3) is 5.91 Å². The number of carboxylic acids is 1. The average Bonchev–Trinajstić information content (AvgIpc) is 3.23. The topological polar surface area (TPSA) is 112 Å². The molecule has 1 aromatic heterocycles. The van der Waals surface area contributed by atoms with Gasteiger partial charge in [-0.15, -0.1) is 0 Å². The first kappa shape index (κ1) is 17.0. The SMILES string of the molecule is COC1CC(C(=O)O)N(C(=O)CNC(=O)c2cc3ccccc3[nH]2)C1. The molecule has 2 aromatic rings. The Bertz CT molecular complexity index is 782. The Kier molecular flexibility index (Phi) is 4.71. The number of nitrogens with one attached hydrogen (secondary N) is 2. The summed E-state index contributed by atoms with van der Waals surface area (Å²) in [5.74, 6) is -1.94. The van der Waals surface area contributed by atoms with E-state index >= 15 is 0 Å². The third kappa shape index (κ3) is 3.48. The summed E-state index contributed by atoms with van der Waals surface area (Å²) < 4.78 is 5.15. The highest BCUT2D eigenvalue weighted by Crippen LogP contribution is 2.20. The molecule has 0 aliphatic carbocycles. The van der Waals surface area contributed by atoms with Crippen molar-refractivity contribution in [3.63, 3.8) is 0 Å². The van der Waals surface area contributed by atoms with Gasteiger partial charge in [-0.2, -0.15) is 0 Å². The van der Waals surface area contributed by atoms with Gasteiger partial charge in [-0.25, -0.2) is 4.79 Å². The Morgan fingerprint density at radius 2 is 2.12 bits per heavy atom. The number of likely N-dealkylation sites (tertiary alicyclic amines) is 1. The second kappa shape index (κ2) is 6.94. The smallest absolute Gasteiger partial charge is 0.326 e. The number of hydrogen-bond acceptors (Lipinski definition) is 4. The van der Waals surface area contributed by atoms with Crippen molar-refractivity contribution in [3.05, 3.63) is 36.0 Å². The highest BCUT2D eigenvalue weighted by atomic mass is 16.5. The van der Waals surface area contributed by atoms with Crippen molar-refractivity contribution in [2.75, 3.05) is 20.2 Å². The maximum absolute atomic E-state index is 12.3. The number of methoxy groups -OCH3 is 1. The van der Waals surface area contributed by atoms with Gasteiger partial charge in [-0.1, -0.05) is 18.2 Å². The second-order valence-corrected chi connectivity index (χ2v) is 5.95. The zero-order chi connectivity index (χ0) is 18.0. The Hall–Kier alpha value is -2.87. The van der Waals surface area contributed by atoms with E-state index in [0.717, 1.165) is 10.9 Å². The van der Waals surface area contributed by atoms with Gasteiger partial charge in [0.05, 0.1) is 12.6 Å². The normalized spacial score (nSPS) is 20.0. The summed E-state index contributed by atoms with van der Waals surface area (Å²) in [6.07, 6.45) is -0.0671. The Labute approximate surface area is 143 Å². The van der Waals surface area contributed by atoms with E-state index in [4.69, 9.17) is 4.74 Å². The van der Waals surface area contributed by atoms with Gasteiger partial charge >= 0.3 is 5.97 Å². The predicted molar refractivity (Wildman–Crippen MR) is 89.2 cm³/mol. The first-order valence-electron chi connectivity index (χ1n) is 7.90. The Morgan fingerprint density at radius 1 is 1.36 bits per heavy atom. The standard InChI is InChI=1S/C17H19N3O5/c1-25-11-7-14(17(23)24)20(9-11)15(21)8-18-16(22)13-6-10-4-2-3-5-12(10)19-13/h2-6,11,14,19H,7-9H2,1H3,(H,18,22)(H,23,24). The minimum Gasteiger partial charge on any atom is -0.480 e. The van der Waals surface area contributed by atoms with Gasteiger partial charge in [0.15, 0.2) is 0 Å². The van der Waals surface area contributed by atoms with Crippen LogP contribution in [0.25, 0.3) is 10.9 Å². The largest absolute Gasteiger partial charge is 0.480 e. The lowest BCUT2D eigenvalue weighted by atomic mass is 10.2. The number of aromatic nitrogens is 1. The maximum Gasteiger partial charge on any atom is 0.326 e. The van der Waals surface area contributed by atoms with E-state index in [9.17, 15) is 19.5 Å². The second-order valence-electron chi connectivity index (χ2n) is 5.95. The maximum atomic E-state index is 12.3. The van der Waals surface area contributed by atoms with Gasteiger partial charge in [0, 0.05) is 31.0 Å². The molecule has 132 valence electrons. The molecule has 2 amide bonds. The zero-order valence-electron chi connectivity index (χ0n) is 13.7. The molecule has 1 fully saturated rings. The van der Waals surface area contributed by atoms with Crippen LogP contribution in [0.2, 0.25) is 0 Å². The zero-order valence-corrected chi connectivity index (χ0v) is 13.7. The number of rotatable bonds is 5. The van der Waals surface area contributed by atoms with E-state index in [1.165, 1.54) is 12.0 Å². The first-order chi connectivity index (χ1) is 12.0. The van der Waals surface area contributed by atoms with Crippen LogP contribution in [-0.2, 0) is 14.3 Å². The summed E-state index contributed by atoms with van der Waals surface area (Å²) in [6.45, 7) is -0.0665. The van der Waals surface area contributed by atoms with Crippen LogP contribution in [0.5, 0.6) is 0 Å². The molecule has 0 spiro atoms. The number of para-hydroxylation sites is 1. The van der Waals surface area contributed by atoms with E-state index in [-0.39, 0.29) is 25.6 Å². The molecule has 1 aromatic carbocycles. The predicted octanol–water partition coefficient (Wildman–Crippen LogP) is 0.598. The van der Waals surface area contributed by atoms with Crippen LogP contribution in [0.4, 0.5) is 0 Å². The number of aromatic amines is 1. The number of H-pyrrole nitrogens is 1. The van der Waals surface area contributed by atoms with Crippen LogP contribution in [0.15, 0.2) is 30.3 Å². The van der Waals surface area contributed by atoms with Gasteiger partial charge in [-0.05, 0) is 12.1 Å². The Balaban J connectivity index is 1.63. The molecule has 2 atom stereocenters. The van der Waals surface area contributed by atoms with Crippen molar-refractivity contribution in [2.45, 2.75) is 18.6 Å². The van der Waals surface area contributed by atoms with Crippen LogP contribution in [-0.4, -0.2) is 65.1 Å². The number of ether oxygens (including phenoxy) is 1. The molecule has 2 heterocycles. The molecule has 3 rings (SSSR count). The molecule has 0 radical (unpaired) electrons. The molecule has 3 N–H and O–H groups in total. The number of nitrogens with zero attached hydrogens (tertiary/aromatic N) is 1. The van der Waals surface area contributed by atoms with Gasteiger partial charge < -0.3 is 25.0 Å². The minimum atomic E-state index is -1.07. The molecule has 25 heavy (non-hydrogen) atoms. The number of carbonyl (C=O) groups excluding carboxylic acids is 2. The number of aliphatic carboxylic acids is 1. The number of carbonyl (C=O) groups is 3. The van der Waals surface area contributed by atoms with E-state index in [0.29, 0.717) is 5.69 Å². The van der Waals surface area contributed by atoms with Crippen molar-refractivity contribution in [1.82, 2.24) is 15.2 Å². The van der Waals surface area contributed by atoms with Crippen molar-refractivity contribution in [3.8, 4) is 0 Å². The summed E-state index contributed by atoms with van der Waals surface area (Å²) >= 11 is 0. The van der Waals surface area contributed by atoms with Crippen molar-refractivity contribution in [2.24, 2.45) is 0 Å². The first-order valence-corrected chi connectivity index (χ1v) is 7.90. The van der Waals surface area contributed by atoms with E-state index in [1.807, 2.05) is 24.3 Å². The number of benzene rings is 1. The fourth-order valence-corrected chi connectivity index (χ4v) is 3.03. The minimum absolute atomic E-state index is 0.203. The van der Waals surface area contributed by atoms with Crippen molar-refractivity contribution < 1.29 is 24.2 Å². The summed E-state index contributed by atoms with van der Waals surface area (Å²) in [6, 6.07) is 8.22. The van der Waals surface area contributed by atoms with Gasteiger partial charge in [0.1, 0.15) is 11.7 Å². The average molecular weight is 345 g/mol. The van der Waals surface area contributed by atoms with Crippen molar-refractivity contribution >= 4 is 28.7 Å². The number of hydrogen-bond donors (Lipinski definition) is 3. The number of amides is 2. The highest BCUT2D eigenvalue weighted by molar-refractivity contribution is 5.99. The number of carboxylic acid groups (broad SMARTS) is 1. The van der Waals surface area contributed by atoms with Crippen LogP contribution in [0, 0.1) is 0 Å². The van der Waals surface area contributed by atoms with E-state index < -0.39 is 23.8 Å². The molecular weight excluding hydrogens is 326 g/mol. The quantitative estimate of drug-likeness (QED) is 0.735.